The summed E-state index contributed by atoms with van der Waals surface area (Å²) in [6.45, 7) is 4.54. The Labute approximate surface area is 166 Å². The number of hydrogen-bond donors (Lipinski definition) is 1. The molecule has 1 aliphatic heterocycles. The molecule has 1 aliphatic rings. The van der Waals surface area contributed by atoms with Crippen molar-refractivity contribution in [2.75, 3.05) is 13.1 Å². The van der Waals surface area contributed by atoms with Gasteiger partial charge in [0.25, 0.3) is 5.56 Å². The molecule has 4 heteroatoms. The Morgan fingerprint density at radius 1 is 0.857 bits per heavy atom. The maximum Gasteiger partial charge on any atom is 0.251 e. The van der Waals surface area contributed by atoms with Crippen molar-refractivity contribution in [1.82, 2.24) is 14.8 Å². The maximum atomic E-state index is 12.4. The molecule has 0 radical (unpaired) electrons. The summed E-state index contributed by atoms with van der Waals surface area (Å²) in [5.41, 5.74) is 3.61. The smallest absolute Gasteiger partial charge is 0.251 e. The van der Waals surface area contributed by atoms with Crippen molar-refractivity contribution in [1.29, 1.82) is 0 Å². The summed E-state index contributed by atoms with van der Waals surface area (Å²) in [5.74, 6) is 0. The van der Waals surface area contributed by atoms with Gasteiger partial charge in [-0.1, -0.05) is 60.7 Å². The summed E-state index contributed by atoms with van der Waals surface area (Å²) in [4.78, 5) is 14.9. The molecule has 1 fully saturated rings. The van der Waals surface area contributed by atoms with E-state index in [1.807, 2.05) is 42.6 Å². The molecule has 0 spiro atoms. The molecule has 28 heavy (non-hydrogen) atoms. The highest BCUT2D eigenvalue weighted by molar-refractivity contribution is 5.17. The lowest BCUT2D eigenvalue weighted by atomic mass is 10.2. The first-order valence-electron chi connectivity index (χ1n) is 9.99. The Balaban J connectivity index is 1.28. The average molecular weight is 374 g/mol. The molecule has 144 valence electrons. The second-order valence-electron chi connectivity index (χ2n) is 7.57. The van der Waals surface area contributed by atoms with Gasteiger partial charge in [-0.15, -0.1) is 0 Å². The molecular formula is C24H27N3O. The first kappa shape index (κ1) is 18.7. The molecule has 2 heterocycles. The van der Waals surface area contributed by atoms with Crippen LogP contribution in [0.4, 0.5) is 0 Å². The van der Waals surface area contributed by atoms with Crippen molar-refractivity contribution < 1.29 is 0 Å². The van der Waals surface area contributed by atoms with E-state index < -0.39 is 0 Å². The Hall–Kier alpha value is -2.69. The standard InChI is InChI=1S/C24H27N3O/c28-24-15-22(11-14-27(24)18-21-9-5-2-6-10-21)16-25-23-12-13-26(19-23)17-20-7-3-1-4-8-20/h1-11,14-15,23,25H,12-13,16-19H2. The van der Waals surface area contributed by atoms with Crippen LogP contribution in [-0.2, 0) is 19.6 Å². The van der Waals surface area contributed by atoms with Gasteiger partial charge in [0.15, 0.2) is 0 Å². The zero-order valence-corrected chi connectivity index (χ0v) is 16.1. The minimum absolute atomic E-state index is 0.0558. The molecule has 0 aliphatic carbocycles. The van der Waals surface area contributed by atoms with Gasteiger partial charge in [0.2, 0.25) is 0 Å². The third-order valence-electron chi connectivity index (χ3n) is 5.37. The van der Waals surface area contributed by atoms with Crippen LogP contribution in [0.5, 0.6) is 0 Å². The molecule has 0 amide bonds. The van der Waals surface area contributed by atoms with Gasteiger partial charge >= 0.3 is 0 Å². The quantitative estimate of drug-likeness (QED) is 0.691. The van der Waals surface area contributed by atoms with Gasteiger partial charge in [0.1, 0.15) is 0 Å². The first-order chi connectivity index (χ1) is 13.8. The number of benzene rings is 2. The highest BCUT2D eigenvalue weighted by atomic mass is 16.1. The van der Waals surface area contributed by atoms with Gasteiger partial charge in [-0.2, -0.15) is 0 Å². The highest BCUT2D eigenvalue weighted by Crippen LogP contribution is 2.14. The first-order valence-corrected chi connectivity index (χ1v) is 9.99. The number of aromatic nitrogens is 1. The average Bonchev–Trinajstić information content (AvgIpc) is 3.17. The van der Waals surface area contributed by atoms with Crippen LogP contribution in [0.2, 0.25) is 0 Å². The van der Waals surface area contributed by atoms with Gasteiger partial charge < -0.3 is 9.88 Å². The van der Waals surface area contributed by atoms with E-state index in [4.69, 9.17) is 0 Å². The fraction of sp³-hybridized carbons (Fsp3) is 0.292. The van der Waals surface area contributed by atoms with Crippen LogP contribution in [0.1, 0.15) is 23.1 Å². The molecule has 3 aromatic rings. The molecule has 0 saturated carbocycles. The van der Waals surface area contributed by atoms with Crippen LogP contribution in [0.25, 0.3) is 0 Å². The lowest BCUT2D eigenvalue weighted by Crippen LogP contribution is -2.32. The zero-order chi connectivity index (χ0) is 19.2. The number of pyridine rings is 1. The fourth-order valence-corrected chi connectivity index (χ4v) is 3.82. The minimum Gasteiger partial charge on any atom is -0.311 e. The summed E-state index contributed by atoms with van der Waals surface area (Å²) in [5, 5.41) is 3.62. The van der Waals surface area contributed by atoms with E-state index in [9.17, 15) is 4.79 Å². The molecule has 0 bridgehead atoms. The topological polar surface area (TPSA) is 37.3 Å². The monoisotopic (exact) mass is 373 g/mol. The van der Waals surface area contributed by atoms with E-state index in [-0.39, 0.29) is 5.56 Å². The third kappa shape index (κ3) is 4.97. The van der Waals surface area contributed by atoms with Gasteiger partial charge in [-0.3, -0.25) is 9.69 Å². The maximum absolute atomic E-state index is 12.4. The van der Waals surface area contributed by atoms with Crippen LogP contribution in [0.15, 0.2) is 83.8 Å². The van der Waals surface area contributed by atoms with Crippen LogP contribution in [-0.4, -0.2) is 28.6 Å². The SMILES string of the molecule is O=c1cc(CNC2CCN(Cc3ccccc3)C2)ccn1Cc1ccccc1. The fourth-order valence-electron chi connectivity index (χ4n) is 3.82. The number of nitrogens with zero attached hydrogens (tertiary/aromatic N) is 2. The van der Waals surface area contributed by atoms with Crippen LogP contribution < -0.4 is 10.9 Å². The molecule has 1 N–H and O–H groups in total. The zero-order valence-electron chi connectivity index (χ0n) is 16.1. The van der Waals surface area contributed by atoms with Crippen molar-refractivity contribution >= 4 is 0 Å². The van der Waals surface area contributed by atoms with Crippen molar-refractivity contribution in [3.05, 3.63) is 106 Å². The highest BCUT2D eigenvalue weighted by Gasteiger charge is 2.21. The van der Waals surface area contributed by atoms with E-state index in [2.05, 4.69) is 40.5 Å². The van der Waals surface area contributed by atoms with Crippen LogP contribution in [0, 0.1) is 0 Å². The van der Waals surface area contributed by atoms with E-state index >= 15 is 0 Å². The molecule has 1 aromatic heterocycles. The van der Waals surface area contributed by atoms with E-state index in [0.29, 0.717) is 12.6 Å². The van der Waals surface area contributed by atoms with Gasteiger partial charge in [0.05, 0.1) is 6.54 Å². The Morgan fingerprint density at radius 3 is 2.21 bits per heavy atom. The number of likely N-dealkylation sites (tertiary alicyclic amines) is 1. The van der Waals surface area contributed by atoms with Crippen molar-refractivity contribution in [3.63, 3.8) is 0 Å². The summed E-state index contributed by atoms with van der Waals surface area (Å²) in [6, 6.07) is 25.0. The molecule has 4 nitrogen and oxygen atoms in total. The Kier molecular flexibility index (Phi) is 6.00. The number of nitrogens with one attached hydrogen (secondary N) is 1. The third-order valence-corrected chi connectivity index (χ3v) is 5.37. The van der Waals surface area contributed by atoms with E-state index in [1.54, 1.807) is 10.6 Å². The number of hydrogen-bond acceptors (Lipinski definition) is 3. The van der Waals surface area contributed by atoms with Crippen molar-refractivity contribution in [2.45, 2.75) is 32.1 Å². The predicted octanol–water partition coefficient (Wildman–Crippen LogP) is 3.26. The lowest BCUT2D eigenvalue weighted by Gasteiger charge is -2.17. The predicted molar refractivity (Wildman–Crippen MR) is 113 cm³/mol. The molecule has 1 atom stereocenters. The second kappa shape index (κ2) is 9.00. The molecule has 2 aromatic carbocycles. The number of rotatable bonds is 7. The summed E-state index contributed by atoms with van der Waals surface area (Å²) >= 11 is 0. The largest absolute Gasteiger partial charge is 0.311 e. The second-order valence-corrected chi connectivity index (χ2v) is 7.57. The summed E-state index contributed by atoms with van der Waals surface area (Å²) in [7, 11) is 0. The van der Waals surface area contributed by atoms with Crippen molar-refractivity contribution in [3.8, 4) is 0 Å². The summed E-state index contributed by atoms with van der Waals surface area (Å²) < 4.78 is 1.76. The van der Waals surface area contributed by atoms with E-state index in [1.165, 1.54) is 5.56 Å². The van der Waals surface area contributed by atoms with E-state index in [0.717, 1.165) is 43.7 Å². The molecule has 1 saturated heterocycles. The molecular weight excluding hydrogens is 346 g/mol. The minimum atomic E-state index is 0.0558. The van der Waals surface area contributed by atoms with Gasteiger partial charge in [0, 0.05) is 44.5 Å². The Bertz CT molecular complexity index is 937. The van der Waals surface area contributed by atoms with Crippen LogP contribution >= 0.6 is 0 Å². The molecule has 4 rings (SSSR count). The lowest BCUT2D eigenvalue weighted by molar-refractivity contribution is 0.320. The summed E-state index contributed by atoms with van der Waals surface area (Å²) in [6.07, 6.45) is 3.06. The van der Waals surface area contributed by atoms with Gasteiger partial charge in [-0.05, 0) is 29.2 Å². The van der Waals surface area contributed by atoms with Crippen LogP contribution in [0.3, 0.4) is 0 Å². The van der Waals surface area contributed by atoms with Crippen molar-refractivity contribution in [2.24, 2.45) is 0 Å². The Morgan fingerprint density at radius 2 is 1.54 bits per heavy atom. The molecule has 1 unspecified atom stereocenters. The normalized spacial score (nSPS) is 17.1. The van der Waals surface area contributed by atoms with Gasteiger partial charge in [-0.25, -0.2) is 0 Å².